The number of nitrogens with one attached hydrogen (secondary N) is 1. The molecule has 0 heterocycles. The number of carbonyl (C=O) groups excluding carboxylic acids is 1. The zero-order valence-corrected chi connectivity index (χ0v) is 10.9. The molecule has 0 radical (unpaired) electrons. The van der Waals surface area contributed by atoms with Crippen LogP contribution in [0.5, 0.6) is 0 Å². The van der Waals surface area contributed by atoms with Gasteiger partial charge in [-0.2, -0.15) is 13.2 Å². The highest BCUT2D eigenvalue weighted by Crippen LogP contribution is 2.30. The van der Waals surface area contributed by atoms with E-state index in [-0.39, 0.29) is 12.1 Å². The molecular formula is C13H14F3NO3. The van der Waals surface area contributed by atoms with Crippen molar-refractivity contribution < 1.29 is 27.9 Å². The number of hydrogen-bond donors (Lipinski definition) is 2. The van der Waals surface area contributed by atoms with Gasteiger partial charge in [0.15, 0.2) is 0 Å². The highest BCUT2D eigenvalue weighted by atomic mass is 19.4. The van der Waals surface area contributed by atoms with Gasteiger partial charge in [0.05, 0.1) is 11.0 Å². The van der Waals surface area contributed by atoms with E-state index in [9.17, 15) is 22.8 Å². The van der Waals surface area contributed by atoms with Gasteiger partial charge in [-0.25, -0.2) is 0 Å². The van der Waals surface area contributed by atoms with Crippen LogP contribution in [0.4, 0.5) is 18.9 Å². The van der Waals surface area contributed by atoms with Gasteiger partial charge in [-0.15, -0.1) is 0 Å². The van der Waals surface area contributed by atoms with Crippen LogP contribution in [-0.2, 0) is 15.8 Å². The van der Waals surface area contributed by atoms with Crippen molar-refractivity contribution in [1.29, 1.82) is 0 Å². The monoisotopic (exact) mass is 289 g/mol. The maximum Gasteiger partial charge on any atom is 0.416 e. The first-order chi connectivity index (χ1) is 9.02. The largest absolute Gasteiger partial charge is 0.481 e. The summed E-state index contributed by atoms with van der Waals surface area (Å²) in [5, 5.41) is 11.2. The lowest BCUT2D eigenvalue weighted by Crippen LogP contribution is -2.29. The van der Waals surface area contributed by atoms with Gasteiger partial charge in [0.1, 0.15) is 0 Å². The number of carboxylic acids is 1. The molecule has 0 aliphatic carbocycles. The van der Waals surface area contributed by atoms with Gasteiger partial charge in [-0.3, -0.25) is 9.59 Å². The second-order valence-electron chi connectivity index (χ2n) is 4.99. The summed E-state index contributed by atoms with van der Waals surface area (Å²) in [4.78, 5) is 22.5. The number of hydrogen-bond acceptors (Lipinski definition) is 2. The van der Waals surface area contributed by atoms with E-state index < -0.39 is 29.0 Å². The molecule has 7 heteroatoms. The maximum atomic E-state index is 12.3. The molecule has 0 bridgehead atoms. The van der Waals surface area contributed by atoms with Crippen molar-refractivity contribution in [3.8, 4) is 0 Å². The molecule has 0 atom stereocenters. The van der Waals surface area contributed by atoms with Gasteiger partial charge in [-0.05, 0) is 38.1 Å². The molecule has 0 aliphatic heterocycles. The lowest BCUT2D eigenvalue weighted by Gasteiger charge is -2.18. The molecule has 0 aliphatic rings. The van der Waals surface area contributed by atoms with E-state index in [2.05, 4.69) is 5.32 Å². The fourth-order valence-corrected chi connectivity index (χ4v) is 1.42. The Kier molecular flexibility index (Phi) is 4.42. The summed E-state index contributed by atoms with van der Waals surface area (Å²) < 4.78 is 37.0. The van der Waals surface area contributed by atoms with Crippen LogP contribution in [0, 0.1) is 5.41 Å². The van der Waals surface area contributed by atoms with Crippen LogP contribution in [0.2, 0.25) is 0 Å². The van der Waals surface area contributed by atoms with Crippen molar-refractivity contribution in [2.75, 3.05) is 5.32 Å². The summed E-state index contributed by atoms with van der Waals surface area (Å²) in [7, 11) is 0. The Hall–Kier alpha value is -2.05. The Morgan fingerprint density at radius 3 is 2.05 bits per heavy atom. The van der Waals surface area contributed by atoms with Gasteiger partial charge in [0.25, 0.3) is 0 Å². The summed E-state index contributed by atoms with van der Waals surface area (Å²) in [5.41, 5.74) is -1.87. The lowest BCUT2D eigenvalue weighted by atomic mass is 9.89. The molecular weight excluding hydrogens is 275 g/mol. The number of alkyl halides is 3. The molecule has 0 aromatic heterocycles. The summed E-state index contributed by atoms with van der Waals surface area (Å²) in [6.45, 7) is 2.78. The minimum absolute atomic E-state index is 0.184. The molecule has 0 unspecified atom stereocenters. The molecule has 20 heavy (non-hydrogen) atoms. The first-order valence-corrected chi connectivity index (χ1v) is 5.73. The van der Waals surface area contributed by atoms with Crippen LogP contribution in [0.1, 0.15) is 25.8 Å². The lowest BCUT2D eigenvalue weighted by molar-refractivity contribution is -0.149. The van der Waals surface area contributed by atoms with E-state index in [1.54, 1.807) is 0 Å². The zero-order chi connectivity index (χ0) is 15.6. The Balaban J connectivity index is 2.70. The van der Waals surface area contributed by atoms with E-state index in [0.717, 1.165) is 24.3 Å². The Morgan fingerprint density at radius 1 is 1.15 bits per heavy atom. The van der Waals surface area contributed by atoms with Gasteiger partial charge in [-0.1, -0.05) is 0 Å². The third-order valence-corrected chi connectivity index (χ3v) is 2.68. The number of aliphatic carboxylic acids is 1. The maximum absolute atomic E-state index is 12.3. The smallest absolute Gasteiger partial charge is 0.416 e. The number of anilines is 1. The fraction of sp³-hybridized carbons (Fsp3) is 0.385. The van der Waals surface area contributed by atoms with Gasteiger partial charge in [0, 0.05) is 12.1 Å². The van der Waals surface area contributed by atoms with Crippen molar-refractivity contribution in [2.45, 2.75) is 26.4 Å². The second kappa shape index (κ2) is 5.52. The van der Waals surface area contributed by atoms with Crippen LogP contribution < -0.4 is 5.32 Å². The van der Waals surface area contributed by atoms with Gasteiger partial charge < -0.3 is 10.4 Å². The van der Waals surface area contributed by atoms with Crippen LogP contribution in [0.3, 0.4) is 0 Å². The summed E-state index contributed by atoms with van der Waals surface area (Å²) in [6.07, 6.45) is -4.71. The van der Waals surface area contributed by atoms with E-state index in [1.165, 1.54) is 13.8 Å². The quantitative estimate of drug-likeness (QED) is 0.894. The van der Waals surface area contributed by atoms with Crippen molar-refractivity contribution in [3.05, 3.63) is 29.8 Å². The average molecular weight is 289 g/mol. The standard InChI is InChI=1S/C13H14F3NO3/c1-12(2,11(19)20)7-10(18)17-9-5-3-8(4-6-9)13(14,15)16/h3-6H,7H2,1-2H3,(H,17,18)(H,19,20). The van der Waals surface area contributed by atoms with E-state index in [0.29, 0.717) is 0 Å². The first kappa shape index (κ1) is 16.0. The van der Waals surface area contributed by atoms with E-state index >= 15 is 0 Å². The molecule has 0 fully saturated rings. The number of rotatable bonds is 4. The molecule has 0 spiro atoms. The zero-order valence-electron chi connectivity index (χ0n) is 10.9. The van der Waals surface area contributed by atoms with E-state index in [1.807, 2.05) is 0 Å². The van der Waals surface area contributed by atoms with Crippen molar-refractivity contribution in [2.24, 2.45) is 5.41 Å². The highest BCUT2D eigenvalue weighted by Gasteiger charge is 2.31. The predicted octanol–water partition coefficient (Wildman–Crippen LogP) is 3.14. The van der Waals surface area contributed by atoms with Gasteiger partial charge in [0.2, 0.25) is 5.91 Å². The molecule has 0 saturated heterocycles. The molecule has 0 saturated carbocycles. The third-order valence-electron chi connectivity index (χ3n) is 2.68. The highest BCUT2D eigenvalue weighted by molar-refractivity contribution is 5.94. The van der Waals surface area contributed by atoms with E-state index in [4.69, 9.17) is 5.11 Å². The second-order valence-corrected chi connectivity index (χ2v) is 4.99. The summed E-state index contributed by atoms with van der Waals surface area (Å²) >= 11 is 0. The van der Waals surface area contributed by atoms with Gasteiger partial charge >= 0.3 is 12.1 Å². The number of carboxylic acid groups (broad SMARTS) is 1. The number of halogens is 3. The Labute approximate surface area is 113 Å². The molecule has 4 nitrogen and oxygen atoms in total. The molecule has 2 N–H and O–H groups in total. The van der Waals surface area contributed by atoms with Crippen LogP contribution in [0.15, 0.2) is 24.3 Å². The van der Waals surface area contributed by atoms with Crippen molar-refractivity contribution in [1.82, 2.24) is 0 Å². The van der Waals surface area contributed by atoms with Crippen LogP contribution in [-0.4, -0.2) is 17.0 Å². The topological polar surface area (TPSA) is 66.4 Å². The first-order valence-electron chi connectivity index (χ1n) is 5.73. The molecule has 1 aromatic carbocycles. The normalized spacial score (nSPS) is 12.1. The Morgan fingerprint density at radius 2 is 1.65 bits per heavy atom. The molecule has 1 amide bonds. The third kappa shape index (κ3) is 4.25. The minimum atomic E-state index is -4.44. The molecule has 110 valence electrons. The Bertz CT molecular complexity index is 507. The molecule has 1 aromatic rings. The summed E-state index contributed by atoms with van der Waals surface area (Å²) in [6, 6.07) is 3.93. The molecule has 1 rings (SSSR count). The van der Waals surface area contributed by atoms with Crippen LogP contribution in [0.25, 0.3) is 0 Å². The summed E-state index contributed by atoms with van der Waals surface area (Å²) in [5.74, 6) is -1.70. The average Bonchev–Trinajstić information content (AvgIpc) is 2.27. The fourth-order valence-electron chi connectivity index (χ4n) is 1.42. The van der Waals surface area contributed by atoms with Crippen LogP contribution >= 0.6 is 0 Å². The SMILES string of the molecule is CC(C)(CC(=O)Nc1ccc(C(F)(F)F)cc1)C(=O)O. The predicted molar refractivity (Wildman–Crippen MR) is 66.1 cm³/mol. The van der Waals surface area contributed by atoms with Crippen molar-refractivity contribution in [3.63, 3.8) is 0 Å². The number of carbonyl (C=O) groups is 2. The minimum Gasteiger partial charge on any atom is -0.481 e. The number of amides is 1. The number of benzene rings is 1. The van der Waals surface area contributed by atoms with Crippen molar-refractivity contribution >= 4 is 17.6 Å².